The van der Waals surface area contributed by atoms with Crippen LogP contribution in [0.3, 0.4) is 0 Å². The first-order valence-corrected chi connectivity index (χ1v) is 9.01. The van der Waals surface area contributed by atoms with Gasteiger partial charge >= 0.3 is 0 Å². The third kappa shape index (κ3) is 3.87. The van der Waals surface area contributed by atoms with Gasteiger partial charge in [-0.1, -0.05) is 24.3 Å². The summed E-state index contributed by atoms with van der Waals surface area (Å²) in [6.45, 7) is 1.45. The van der Waals surface area contributed by atoms with E-state index in [0.29, 0.717) is 22.6 Å². The molecule has 5 nitrogen and oxygen atoms in total. The van der Waals surface area contributed by atoms with Gasteiger partial charge in [0.2, 0.25) is 5.91 Å². The fourth-order valence-corrected chi connectivity index (χ4v) is 3.13. The number of carbonyl (C=O) groups is 1. The number of amides is 1. The number of imidazole rings is 1. The summed E-state index contributed by atoms with van der Waals surface area (Å²) >= 11 is 0. The summed E-state index contributed by atoms with van der Waals surface area (Å²) in [6, 6.07) is 18.8. The van der Waals surface area contributed by atoms with Crippen LogP contribution in [0.2, 0.25) is 0 Å². The Hall–Kier alpha value is -3.93. The average Bonchev–Trinajstić information content (AvgIpc) is 3.19. The predicted octanol–water partition coefficient (Wildman–Crippen LogP) is 5.01. The second kappa shape index (κ2) is 7.59. The van der Waals surface area contributed by atoms with Crippen molar-refractivity contribution in [3.8, 4) is 33.8 Å². The number of benzene rings is 3. The summed E-state index contributed by atoms with van der Waals surface area (Å²) in [4.78, 5) is 15.5. The van der Waals surface area contributed by atoms with Crippen LogP contribution in [0.5, 0.6) is 5.75 Å². The Bertz CT molecular complexity index is 1170. The highest BCUT2D eigenvalue weighted by atomic mass is 19.1. The molecule has 0 spiro atoms. The van der Waals surface area contributed by atoms with E-state index in [9.17, 15) is 14.3 Å². The van der Waals surface area contributed by atoms with Crippen LogP contribution in [0, 0.1) is 5.82 Å². The summed E-state index contributed by atoms with van der Waals surface area (Å²) < 4.78 is 14.9. The van der Waals surface area contributed by atoms with Crippen molar-refractivity contribution < 1.29 is 14.3 Å². The fourth-order valence-electron chi connectivity index (χ4n) is 3.13. The molecular weight excluding hydrogens is 369 g/mol. The summed E-state index contributed by atoms with van der Waals surface area (Å²) in [7, 11) is 0. The maximum absolute atomic E-state index is 13.1. The standard InChI is InChI=1S/C23H18FN3O2/c1-15(28)26-19-11-7-16(8-12-19)20-3-2-4-22(23(20)29)27-13-21(25-14-27)17-5-9-18(24)10-6-17/h2-14,29H,1H3,(H,26,28). The highest BCUT2D eigenvalue weighted by molar-refractivity contribution is 5.89. The van der Waals surface area contributed by atoms with Gasteiger partial charge in [-0.25, -0.2) is 9.37 Å². The lowest BCUT2D eigenvalue weighted by atomic mass is 10.0. The summed E-state index contributed by atoms with van der Waals surface area (Å²) in [5, 5.41) is 13.6. The Balaban J connectivity index is 1.67. The lowest BCUT2D eigenvalue weighted by Gasteiger charge is -2.11. The molecule has 0 aliphatic carbocycles. The Labute approximate surface area is 167 Å². The van der Waals surface area contributed by atoms with E-state index in [1.165, 1.54) is 19.1 Å². The van der Waals surface area contributed by atoms with E-state index in [0.717, 1.165) is 11.1 Å². The molecule has 0 saturated carbocycles. The van der Waals surface area contributed by atoms with E-state index in [1.807, 2.05) is 24.3 Å². The van der Waals surface area contributed by atoms with Crippen LogP contribution in [0.4, 0.5) is 10.1 Å². The number of anilines is 1. The third-order valence-corrected chi connectivity index (χ3v) is 4.53. The van der Waals surface area contributed by atoms with Crippen molar-refractivity contribution in [1.29, 1.82) is 0 Å². The number of aromatic nitrogens is 2. The number of phenols is 1. The molecule has 0 unspecified atom stereocenters. The van der Waals surface area contributed by atoms with Crippen molar-refractivity contribution >= 4 is 11.6 Å². The van der Waals surface area contributed by atoms with E-state index in [4.69, 9.17) is 0 Å². The molecule has 0 bridgehead atoms. The van der Waals surface area contributed by atoms with Crippen LogP contribution in [-0.4, -0.2) is 20.6 Å². The monoisotopic (exact) mass is 387 g/mol. The summed E-state index contributed by atoms with van der Waals surface area (Å²) in [6.07, 6.45) is 3.39. The van der Waals surface area contributed by atoms with Gasteiger partial charge in [0.25, 0.3) is 0 Å². The maximum atomic E-state index is 13.1. The summed E-state index contributed by atoms with van der Waals surface area (Å²) in [5.41, 5.74) is 4.21. The molecule has 3 aromatic carbocycles. The third-order valence-electron chi connectivity index (χ3n) is 4.53. The van der Waals surface area contributed by atoms with Gasteiger partial charge in [-0.2, -0.15) is 0 Å². The van der Waals surface area contributed by atoms with Crippen molar-refractivity contribution in [2.24, 2.45) is 0 Å². The Morgan fingerprint density at radius 1 is 1.00 bits per heavy atom. The molecule has 0 atom stereocenters. The number of hydrogen-bond acceptors (Lipinski definition) is 3. The molecule has 4 rings (SSSR count). The Morgan fingerprint density at radius 2 is 1.69 bits per heavy atom. The number of phenolic OH excluding ortho intramolecular Hbond substituents is 1. The lowest BCUT2D eigenvalue weighted by Crippen LogP contribution is -2.05. The molecular formula is C23H18FN3O2. The normalized spacial score (nSPS) is 10.7. The van der Waals surface area contributed by atoms with Gasteiger partial charge in [-0.3, -0.25) is 4.79 Å². The minimum atomic E-state index is -0.303. The predicted molar refractivity (Wildman–Crippen MR) is 110 cm³/mol. The number of rotatable bonds is 4. The number of nitrogens with zero attached hydrogens (tertiary/aromatic N) is 2. The molecule has 0 radical (unpaired) electrons. The maximum Gasteiger partial charge on any atom is 0.221 e. The Morgan fingerprint density at radius 3 is 2.38 bits per heavy atom. The second-order valence-corrected chi connectivity index (χ2v) is 6.60. The molecule has 1 amide bonds. The SMILES string of the molecule is CC(=O)Nc1ccc(-c2cccc(-n3cnc(-c4ccc(F)cc4)c3)c2O)cc1. The second-order valence-electron chi connectivity index (χ2n) is 6.60. The molecule has 1 heterocycles. The van der Waals surface area contributed by atoms with Crippen LogP contribution >= 0.6 is 0 Å². The zero-order valence-corrected chi connectivity index (χ0v) is 15.6. The first-order chi connectivity index (χ1) is 14.0. The van der Waals surface area contributed by atoms with Crippen molar-refractivity contribution in [2.45, 2.75) is 6.92 Å². The van der Waals surface area contributed by atoms with Gasteiger partial charge in [0, 0.05) is 29.9 Å². The van der Waals surface area contributed by atoms with Crippen LogP contribution in [0.15, 0.2) is 79.3 Å². The molecule has 0 aliphatic heterocycles. The topological polar surface area (TPSA) is 67.2 Å². The van der Waals surface area contributed by atoms with Crippen molar-refractivity contribution in [2.75, 3.05) is 5.32 Å². The van der Waals surface area contributed by atoms with Crippen molar-refractivity contribution in [3.63, 3.8) is 0 Å². The van der Waals surface area contributed by atoms with Crippen molar-refractivity contribution in [1.82, 2.24) is 9.55 Å². The molecule has 0 aliphatic rings. The van der Waals surface area contributed by atoms with E-state index in [2.05, 4.69) is 10.3 Å². The molecule has 4 aromatic rings. The van der Waals surface area contributed by atoms with Gasteiger partial charge in [-0.15, -0.1) is 0 Å². The number of para-hydroxylation sites is 1. The largest absolute Gasteiger partial charge is 0.505 e. The quantitative estimate of drug-likeness (QED) is 0.517. The van der Waals surface area contributed by atoms with E-state index < -0.39 is 0 Å². The molecule has 2 N–H and O–H groups in total. The molecule has 144 valence electrons. The fraction of sp³-hybridized carbons (Fsp3) is 0.0435. The number of halogens is 1. The van der Waals surface area contributed by atoms with E-state index in [-0.39, 0.29) is 17.5 Å². The minimum absolute atomic E-state index is 0.114. The lowest BCUT2D eigenvalue weighted by molar-refractivity contribution is -0.114. The van der Waals surface area contributed by atoms with Gasteiger partial charge in [-0.05, 0) is 48.0 Å². The van der Waals surface area contributed by atoms with Gasteiger partial charge in [0.05, 0.1) is 11.4 Å². The van der Waals surface area contributed by atoms with Gasteiger partial charge < -0.3 is 15.0 Å². The molecule has 0 saturated heterocycles. The van der Waals surface area contributed by atoms with E-state index >= 15 is 0 Å². The minimum Gasteiger partial charge on any atom is -0.505 e. The average molecular weight is 387 g/mol. The van der Waals surface area contributed by atoms with Crippen LogP contribution in [0.1, 0.15) is 6.92 Å². The Kier molecular flexibility index (Phi) is 4.83. The first kappa shape index (κ1) is 18.4. The number of carbonyl (C=O) groups excluding carboxylic acids is 1. The smallest absolute Gasteiger partial charge is 0.221 e. The van der Waals surface area contributed by atoms with Crippen LogP contribution in [0.25, 0.3) is 28.1 Å². The molecule has 29 heavy (non-hydrogen) atoms. The number of hydrogen-bond donors (Lipinski definition) is 2. The van der Waals surface area contributed by atoms with Gasteiger partial charge in [0.1, 0.15) is 17.9 Å². The van der Waals surface area contributed by atoms with Crippen molar-refractivity contribution in [3.05, 3.63) is 85.1 Å². The number of aromatic hydroxyl groups is 1. The van der Waals surface area contributed by atoms with Crippen LogP contribution in [-0.2, 0) is 4.79 Å². The number of nitrogens with one attached hydrogen (secondary N) is 1. The highest BCUT2D eigenvalue weighted by Crippen LogP contribution is 2.35. The summed E-state index contributed by atoms with van der Waals surface area (Å²) in [5.74, 6) is -0.328. The van der Waals surface area contributed by atoms with Crippen LogP contribution < -0.4 is 5.32 Å². The molecule has 6 heteroatoms. The molecule has 0 fully saturated rings. The highest BCUT2D eigenvalue weighted by Gasteiger charge is 2.12. The molecule has 1 aromatic heterocycles. The van der Waals surface area contributed by atoms with Gasteiger partial charge in [0.15, 0.2) is 0 Å². The first-order valence-electron chi connectivity index (χ1n) is 9.01. The zero-order chi connectivity index (χ0) is 20.4. The zero-order valence-electron chi connectivity index (χ0n) is 15.6. The van der Waals surface area contributed by atoms with E-state index in [1.54, 1.807) is 47.4 Å².